The standard InChI is InChI=1S/C22H18Cl3N3O2/c23-15-5-3-14(4-6-15)21(17-8-7-16(24)11-18(17)25)30-20-13-26-19(12-27-20)22(29)28-9-1-2-10-28/h3-8,11-13,21H,1-2,9-10H2/t21-/m0/s1. The lowest BCUT2D eigenvalue weighted by atomic mass is 10.0. The summed E-state index contributed by atoms with van der Waals surface area (Å²) in [5, 5.41) is 1.61. The molecule has 1 aliphatic heterocycles. The van der Waals surface area contributed by atoms with Gasteiger partial charge in [0.05, 0.1) is 12.4 Å². The number of aromatic nitrogens is 2. The number of ether oxygens (including phenoxy) is 1. The van der Waals surface area contributed by atoms with Crippen molar-refractivity contribution < 1.29 is 9.53 Å². The number of rotatable bonds is 5. The molecular formula is C22H18Cl3N3O2. The van der Waals surface area contributed by atoms with E-state index >= 15 is 0 Å². The van der Waals surface area contributed by atoms with Gasteiger partial charge >= 0.3 is 0 Å². The molecule has 0 saturated carbocycles. The fourth-order valence-corrected chi connectivity index (χ4v) is 3.99. The first kappa shape index (κ1) is 20.9. The van der Waals surface area contributed by atoms with E-state index in [0.29, 0.717) is 20.8 Å². The minimum absolute atomic E-state index is 0.110. The Balaban J connectivity index is 1.61. The first-order valence-corrected chi connectivity index (χ1v) is 10.6. The Bertz CT molecular complexity index is 1040. The summed E-state index contributed by atoms with van der Waals surface area (Å²) in [6.07, 6.45) is 4.38. The number of hydrogen-bond acceptors (Lipinski definition) is 4. The van der Waals surface area contributed by atoms with Gasteiger partial charge in [-0.2, -0.15) is 0 Å². The van der Waals surface area contributed by atoms with Gasteiger partial charge in [0.1, 0.15) is 5.69 Å². The van der Waals surface area contributed by atoms with Gasteiger partial charge in [0.2, 0.25) is 5.88 Å². The largest absolute Gasteiger partial charge is 0.463 e. The molecule has 1 amide bonds. The number of benzene rings is 2. The van der Waals surface area contributed by atoms with Crippen LogP contribution in [0.2, 0.25) is 15.1 Å². The van der Waals surface area contributed by atoms with Crippen molar-refractivity contribution in [2.75, 3.05) is 13.1 Å². The molecule has 0 spiro atoms. The molecule has 1 fully saturated rings. The highest BCUT2D eigenvalue weighted by Gasteiger charge is 2.23. The normalized spacial score (nSPS) is 14.6. The number of carbonyl (C=O) groups excluding carboxylic acids is 1. The molecule has 0 bridgehead atoms. The van der Waals surface area contributed by atoms with Gasteiger partial charge in [0.25, 0.3) is 5.91 Å². The maximum atomic E-state index is 12.5. The monoisotopic (exact) mass is 461 g/mol. The number of nitrogens with zero attached hydrogens (tertiary/aromatic N) is 3. The molecule has 1 atom stereocenters. The molecule has 2 heterocycles. The van der Waals surface area contributed by atoms with Gasteiger partial charge < -0.3 is 9.64 Å². The Hall–Kier alpha value is -2.34. The number of hydrogen-bond donors (Lipinski definition) is 0. The van der Waals surface area contributed by atoms with Crippen molar-refractivity contribution in [2.24, 2.45) is 0 Å². The van der Waals surface area contributed by atoms with Crippen molar-refractivity contribution in [1.29, 1.82) is 0 Å². The summed E-state index contributed by atoms with van der Waals surface area (Å²) in [5.74, 6) is 0.167. The van der Waals surface area contributed by atoms with Crippen LogP contribution >= 0.6 is 34.8 Å². The van der Waals surface area contributed by atoms with Crippen LogP contribution in [0, 0.1) is 0 Å². The zero-order chi connectivity index (χ0) is 21.1. The van der Waals surface area contributed by atoms with Crippen molar-refractivity contribution >= 4 is 40.7 Å². The van der Waals surface area contributed by atoms with Crippen LogP contribution in [-0.2, 0) is 0 Å². The third-order valence-corrected chi connectivity index (χ3v) is 5.71. The van der Waals surface area contributed by atoms with E-state index in [1.54, 1.807) is 29.2 Å². The van der Waals surface area contributed by atoms with Crippen molar-refractivity contribution in [2.45, 2.75) is 18.9 Å². The molecule has 0 unspecified atom stereocenters. The summed E-state index contributed by atoms with van der Waals surface area (Å²) < 4.78 is 6.14. The van der Waals surface area contributed by atoms with Crippen LogP contribution in [0.15, 0.2) is 54.9 Å². The molecule has 3 aromatic rings. The third kappa shape index (κ3) is 4.69. The van der Waals surface area contributed by atoms with Crippen molar-refractivity contribution in [3.05, 3.63) is 86.7 Å². The van der Waals surface area contributed by atoms with Crippen LogP contribution in [0.25, 0.3) is 0 Å². The zero-order valence-corrected chi connectivity index (χ0v) is 18.2. The predicted octanol–water partition coefficient (Wildman–Crippen LogP) is 5.84. The zero-order valence-electron chi connectivity index (χ0n) is 15.9. The molecule has 154 valence electrons. The Morgan fingerprint density at radius 2 is 1.63 bits per heavy atom. The lowest BCUT2D eigenvalue weighted by Crippen LogP contribution is -2.28. The van der Waals surface area contributed by atoms with E-state index in [0.717, 1.165) is 37.1 Å². The summed E-state index contributed by atoms with van der Waals surface area (Å²) in [5.41, 5.74) is 1.86. The summed E-state index contributed by atoms with van der Waals surface area (Å²) in [7, 11) is 0. The van der Waals surface area contributed by atoms with Crippen LogP contribution in [0.3, 0.4) is 0 Å². The van der Waals surface area contributed by atoms with Crippen molar-refractivity contribution in [3.8, 4) is 5.88 Å². The Kier molecular flexibility index (Phi) is 6.42. The van der Waals surface area contributed by atoms with Gasteiger partial charge in [-0.1, -0.05) is 53.0 Å². The summed E-state index contributed by atoms with van der Waals surface area (Å²) >= 11 is 18.5. The molecule has 1 saturated heterocycles. The lowest BCUT2D eigenvalue weighted by molar-refractivity contribution is 0.0786. The topological polar surface area (TPSA) is 55.3 Å². The minimum Gasteiger partial charge on any atom is -0.463 e. The molecule has 30 heavy (non-hydrogen) atoms. The second-order valence-corrected chi connectivity index (χ2v) is 8.23. The first-order valence-electron chi connectivity index (χ1n) is 9.49. The molecule has 2 aromatic carbocycles. The number of carbonyl (C=O) groups is 1. The highest BCUT2D eigenvalue weighted by Crippen LogP contribution is 2.34. The molecular weight excluding hydrogens is 445 g/mol. The fourth-order valence-electron chi connectivity index (χ4n) is 3.35. The average molecular weight is 463 g/mol. The molecule has 1 aliphatic rings. The third-order valence-electron chi connectivity index (χ3n) is 4.90. The average Bonchev–Trinajstić information content (AvgIpc) is 3.28. The summed E-state index contributed by atoms with van der Waals surface area (Å²) in [6.45, 7) is 1.51. The summed E-state index contributed by atoms with van der Waals surface area (Å²) in [6, 6.07) is 12.5. The quantitative estimate of drug-likeness (QED) is 0.478. The van der Waals surface area contributed by atoms with E-state index in [2.05, 4.69) is 9.97 Å². The van der Waals surface area contributed by atoms with E-state index in [4.69, 9.17) is 39.5 Å². The molecule has 0 radical (unpaired) electrons. The molecule has 0 N–H and O–H groups in total. The number of halogens is 3. The van der Waals surface area contributed by atoms with Crippen LogP contribution in [0.5, 0.6) is 5.88 Å². The van der Waals surface area contributed by atoms with Crippen LogP contribution in [0.1, 0.15) is 40.6 Å². The van der Waals surface area contributed by atoms with Gasteiger partial charge in [-0.3, -0.25) is 4.79 Å². The number of amides is 1. The van der Waals surface area contributed by atoms with E-state index < -0.39 is 6.10 Å². The molecule has 5 nitrogen and oxygen atoms in total. The highest BCUT2D eigenvalue weighted by atomic mass is 35.5. The van der Waals surface area contributed by atoms with E-state index in [1.165, 1.54) is 12.4 Å². The van der Waals surface area contributed by atoms with Crippen molar-refractivity contribution in [3.63, 3.8) is 0 Å². The van der Waals surface area contributed by atoms with Crippen LogP contribution in [-0.4, -0.2) is 33.9 Å². The van der Waals surface area contributed by atoms with Crippen LogP contribution < -0.4 is 4.74 Å². The Labute approximate surface area is 189 Å². The van der Waals surface area contributed by atoms with E-state index in [1.807, 2.05) is 18.2 Å². The molecule has 8 heteroatoms. The van der Waals surface area contributed by atoms with Gasteiger partial charge in [-0.15, -0.1) is 0 Å². The molecule has 1 aromatic heterocycles. The van der Waals surface area contributed by atoms with E-state index in [9.17, 15) is 4.79 Å². The maximum Gasteiger partial charge on any atom is 0.274 e. The van der Waals surface area contributed by atoms with Gasteiger partial charge in [0, 0.05) is 33.7 Å². The Morgan fingerprint density at radius 3 is 2.27 bits per heavy atom. The SMILES string of the molecule is O=C(c1cnc(O[C@@H](c2ccc(Cl)cc2)c2ccc(Cl)cc2Cl)cn1)N1CCCC1. The second-order valence-electron chi connectivity index (χ2n) is 6.95. The maximum absolute atomic E-state index is 12.5. The minimum atomic E-state index is -0.554. The number of likely N-dealkylation sites (tertiary alicyclic amines) is 1. The highest BCUT2D eigenvalue weighted by molar-refractivity contribution is 6.35. The lowest BCUT2D eigenvalue weighted by Gasteiger charge is -2.21. The van der Waals surface area contributed by atoms with Crippen LogP contribution in [0.4, 0.5) is 0 Å². The molecule has 0 aliphatic carbocycles. The Morgan fingerprint density at radius 1 is 0.933 bits per heavy atom. The fraction of sp³-hybridized carbons (Fsp3) is 0.227. The van der Waals surface area contributed by atoms with Crippen molar-refractivity contribution in [1.82, 2.24) is 14.9 Å². The first-order chi connectivity index (χ1) is 14.5. The van der Waals surface area contributed by atoms with Gasteiger partial charge in [-0.05, 0) is 42.7 Å². The smallest absolute Gasteiger partial charge is 0.274 e. The predicted molar refractivity (Wildman–Crippen MR) is 118 cm³/mol. The van der Waals surface area contributed by atoms with Gasteiger partial charge in [-0.25, -0.2) is 9.97 Å². The van der Waals surface area contributed by atoms with E-state index in [-0.39, 0.29) is 11.8 Å². The molecule has 4 rings (SSSR count). The van der Waals surface area contributed by atoms with Gasteiger partial charge in [0.15, 0.2) is 6.10 Å². The summed E-state index contributed by atoms with van der Waals surface area (Å²) in [4.78, 5) is 22.8. The second kappa shape index (κ2) is 9.21.